The monoisotopic (exact) mass is 339 g/mol. The minimum absolute atomic E-state index is 0.0913. The number of nitrogens with zero attached hydrogens (tertiary/aromatic N) is 1. The first kappa shape index (κ1) is 17.1. The van der Waals surface area contributed by atoms with Crippen LogP contribution in [-0.4, -0.2) is 41.1 Å². The molecule has 1 atom stereocenters. The molecule has 22 heavy (non-hydrogen) atoms. The standard InChI is InChI=1S/C16H21NO3S2/c1-10(2)9-17-15(18)14(22-16(17)21)8-11-7-12(19-3)5-6-13(11)20-4/h5-7,10,14H,8-9H2,1-4H3/t14-/m0/s1. The van der Waals surface area contributed by atoms with Crippen LogP contribution in [0, 0.1) is 5.92 Å². The van der Waals surface area contributed by atoms with Gasteiger partial charge in [0.15, 0.2) is 0 Å². The van der Waals surface area contributed by atoms with Gasteiger partial charge in [-0.2, -0.15) is 0 Å². The number of carbonyl (C=O) groups is 1. The quantitative estimate of drug-likeness (QED) is 0.745. The fraction of sp³-hybridized carbons (Fsp3) is 0.500. The zero-order valence-electron chi connectivity index (χ0n) is 13.3. The van der Waals surface area contributed by atoms with Gasteiger partial charge in [0.1, 0.15) is 15.8 Å². The Kier molecular flexibility index (Phi) is 5.69. The normalized spacial score (nSPS) is 18.2. The molecule has 0 unspecified atom stereocenters. The summed E-state index contributed by atoms with van der Waals surface area (Å²) >= 11 is 6.81. The van der Waals surface area contributed by atoms with Crippen molar-refractivity contribution in [2.24, 2.45) is 5.92 Å². The molecule has 1 aromatic rings. The van der Waals surface area contributed by atoms with Crippen LogP contribution < -0.4 is 9.47 Å². The van der Waals surface area contributed by atoms with Crippen LogP contribution in [-0.2, 0) is 11.2 Å². The largest absolute Gasteiger partial charge is 0.497 e. The Balaban J connectivity index is 2.17. The van der Waals surface area contributed by atoms with Crippen LogP contribution in [0.15, 0.2) is 18.2 Å². The summed E-state index contributed by atoms with van der Waals surface area (Å²) in [7, 11) is 3.26. The predicted molar refractivity (Wildman–Crippen MR) is 93.8 cm³/mol. The van der Waals surface area contributed by atoms with Crippen molar-refractivity contribution in [1.82, 2.24) is 4.90 Å². The Labute approximate surface area is 141 Å². The van der Waals surface area contributed by atoms with Gasteiger partial charge in [0, 0.05) is 6.54 Å². The van der Waals surface area contributed by atoms with Crippen LogP contribution in [0.5, 0.6) is 11.5 Å². The number of methoxy groups -OCH3 is 2. The van der Waals surface area contributed by atoms with E-state index >= 15 is 0 Å². The van der Waals surface area contributed by atoms with Crippen molar-refractivity contribution in [3.63, 3.8) is 0 Å². The van der Waals surface area contributed by atoms with Crippen LogP contribution in [0.1, 0.15) is 19.4 Å². The summed E-state index contributed by atoms with van der Waals surface area (Å²) in [6, 6.07) is 5.63. The van der Waals surface area contributed by atoms with Gasteiger partial charge in [-0.3, -0.25) is 9.69 Å². The molecule has 1 fully saturated rings. The Bertz CT molecular complexity index is 575. The first-order chi connectivity index (χ1) is 10.5. The van der Waals surface area contributed by atoms with Crippen molar-refractivity contribution in [3.8, 4) is 11.5 Å². The Morgan fingerprint density at radius 1 is 1.32 bits per heavy atom. The average molecular weight is 339 g/mol. The molecule has 6 heteroatoms. The van der Waals surface area contributed by atoms with Crippen LogP contribution in [0.3, 0.4) is 0 Å². The molecule has 120 valence electrons. The number of thiocarbonyl (C=S) groups is 1. The summed E-state index contributed by atoms with van der Waals surface area (Å²) in [5, 5.41) is -0.188. The third-order valence-corrected chi connectivity index (χ3v) is 5.03. The number of hydrogen-bond acceptors (Lipinski definition) is 5. The van der Waals surface area contributed by atoms with E-state index in [1.54, 1.807) is 19.1 Å². The van der Waals surface area contributed by atoms with E-state index in [1.165, 1.54) is 11.8 Å². The van der Waals surface area contributed by atoms with Crippen LogP contribution in [0.25, 0.3) is 0 Å². The Morgan fingerprint density at radius 2 is 2.05 bits per heavy atom. The van der Waals surface area contributed by atoms with E-state index in [0.717, 1.165) is 17.1 Å². The van der Waals surface area contributed by atoms with E-state index < -0.39 is 0 Å². The maximum atomic E-state index is 12.6. The topological polar surface area (TPSA) is 38.8 Å². The van der Waals surface area contributed by atoms with Gasteiger partial charge in [0.05, 0.1) is 19.5 Å². The summed E-state index contributed by atoms with van der Waals surface area (Å²) < 4.78 is 11.3. The molecule has 0 bridgehead atoms. The molecule has 0 aliphatic carbocycles. The average Bonchev–Trinajstić information content (AvgIpc) is 2.74. The Morgan fingerprint density at radius 3 is 2.64 bits per heavy atom. The predicted octanol–water partition coefficient (Wildman–Crippen LogP) is 3.13. The molecular weight excluding hydrogens is 318 g/mol. The molecule has 1 amide bonds. The summed E-state index contributed by atoms with van der Waals surface area (Å²) in [6.45, 7) is 4.84. The summed E-state index contributed by atoms with van der Waals surface area (Å²) in [6.07, 6.45) is 0.582. The molecule has 1 aromatic carbocycles. The number of amides is 1. The smallest absolute Gasteiger partial charge is 0.241 e. The first-order valence-electron chi connectivity index (χ1n) is 7.19. The lowest BCUT2D eigenvalue weighted by atomic mass is 10.1. The number of benzene rings is 1. The fourth-order valence-electron chi connectivity index (χ4n) is 2.40. The van der Waals surface area contributed by atoms with Gasteiger partial charge in [-0.25, -0.2) is 0 Å². The van der Waals surface area contributed by atoms with Gasteiger partial charge in [0.2, 0.25) is 5.91 Å². The molecule has 0 N–H and O–H groups in total. The number of thioether (sulfide) groups is 1. The summed E-state index contributed by atoms with van der Waals surface area (Å²) in [5.74, 6) is 2.01. The lowest BCUT2D eigenvalue weighted by Gasteiger charge is -2.18. The van der Waals surface area contributed by atoms with Gasteiger partial charge >= 0.3 is 0 Å². The third kappa shape index (κ3) is 3.73. The summed E-state index contributed by atoms with van der Waals surface area (Å²) in [4.78, 5) is 14.3. The fourth-order valence-corrected chi connectivity index (χ4v) is 3.94. The van der Waals surface area contributed by atoms with E-state index in [0.29, 0.717) is 23.2 Å². The zero-order chi connectivity index (χ0) is 16.3. The molecule has 1 aliphatic rings. The highest BCUT2D eigenvalue weighted by molar-refractivity contribution is 8.24. The van der Waals surface area contributed by atoms with Crippen molar-refractivity contribution >= 4 is 34.2 Å². The molecule has 0 aromatic heterocycles. The molecule has 4 nitrogen and oxygen atoms in total. The van der Waals surface area contributed by atoms with Gasteiger partial charge in [-0.05, 0) is 36.1 Å². The number of ether oxygens (including phenoxy) is 2. The first-order valence-corrected chi connectivity index (χ1v) is 8.48. The minimum Gasteiger partial charge on any atom is -0.497 e. The van der Waals surface area contributed by atoms with E-state index in [9.17, 15) is 4.79 Å². The van der Waals surface area contributed by atoms with Gasteiger partial charge in [0.25, 0.3) is 0 Å². The molecule has 2 rings (SSSR count). The lowest BCUT2D eigenvalue weighted by Crippen LogP contribution is -2.34. The van der Waals surface area contributed by atoms with Crippen LogP contribution >= 0.6 is 24.0 Å². The second kappa shape index (κ2) is 7.33. The van der Waals surface area contributed by atoms with Crippen molar-refractivity contribution in [1.29, 1.82) is 0 Å². The highest BCUT2D eigenvalue weighted by Crippen LogP contribution is 2.34. The molecule has 1 saturated heterocycles. The Hall–Kier alpha value is -1.27. The van der Waals surface area contributed by atoms with Crippen molar-refractivity contribution in [2.45, 2.75) is 25.5 Å². The molecular formula is C16H21NO3S2. The van der Waals surface area contributed by atoms with E-state index in [2.05, 4.69) is 13.8 Å². The number of hydrogen-bond donors (Lipinski definition) is 0. The highest BCUT2D eigenvalue weighted by atomic mass is 32.2. The van der Waals surface area contributed by atoms with Crippen LogP contribution in [0.2, 0.25) is 0 Å². The molecule has 0 saturated carbocycles. The number of carbonyl (C=O) groups excluding carboxylic acids is 1. The maximum absolute atomic E-state index is 12.6. The zero-order valence-corrected chi connectivity index (χ0v) is 14.9. The molecule has 0 radical (unpaired) electrons. The van der Waals surface area contributed by atoms with E-state index in [4.69, 9.17) is 21.7 Å². The van der Waals surface area contributed by atoms with E-state index in [1.807, 2.05) is 18.2 Å². The SMILES string of the molecule is COc1ccc(OC)c(C[C@@H]2SC(=S)N(CC(C)C)C2=O)c1. The van der Waals surface area contributed by atoms with Crippen molar-refractivity contribution < 1.29 is 14.3 Å². The lowest BCUT2D eigenvalue weighted by molar-refractivity contribution is -0.126. The molecule has 1 aliphatic heterocycles. The second-order valence-electron chi connectivity index (χ2n) is 5.60. The minimum atomic E-state index is -0.188. The highest BCUT2D eigenvalue weighted by Gasteiger charge is 2.37. The van der Waals surface area contributed by atoms with E-state index in [-0.39, 0.29) is 11.2 Å². The van der Waals surface area contributed by atoms with Crippen molar-refractivity contribution in [2.75, 3.05) is 20.8 Å². The second-order valence-corrected chi connectivity index (χ2v) is 7.43. The van der Waals surface area contributed by atoms with Crippen molar-refractivity contribution in [3.05, 3.63) is 23.8 Å². The van der Waals surface area contributed by atoms with Crippen LogP contribution in [0.4, 0.5) is 0 Å². The molecule has 1 heterocycles. The summed E-state index contributed by atoms with van der Waals surface area (Å²) in [5.41, 5.74) is 0.960. The maximum Gasteiger partial charge on any atom is 0.241 e. The molecule has 0 spiro atoms. The van der Waals surface area contributed by atoms with Gasteiger partial charge < -0.3 is 9.47 Å². The number of rotatable bonds is 6. The van der Waals surface area contributed by atoms with Gasteiger partial charge in [-0.15, -0.1) is 0 Å². The van der Waals surface area contributed by atoms with Gasteiger partial charge in [-0.1, -0.05) is 37.8 Å². The third-order valence-electron chi connectivity index (χ3n) is 3.45.